The lowest BCUT2D eigenvalue weighted by atomic mass is 10.1. The van der Waals surface area contributed by atoms with Crippen LogP contribution in [0.4, 0.5) is 8.78 Å². The Hall–Kier alpha value is -1.10. The van der Waals surface area contributed by atoms with Crippen LogP contribution in [0, 0.1) is 6.92 Å². The minimum absolute atomic E-state index is 0.180. The van der Waals surface area contributed by atoms with Crippen LogP contribution in [-0.2, 0) is 10.0 Å². The van der Waals surface area contributed by atoms with Crippen molar-refractivity contribution in [1.82, 2.24) is 4.72 Å². The molecule has 0 atom stereocenters. The molecule has 118 valence electrons. The van der Waals surface area contributed by atoms with Crippen LogP contribution in [0.2, 0.25) is 0 Å². The molecule has 0 aliphatic heterocycles. The molecule has 0 aliphatic carbocycles. The predicted molar refractivity (Wildman–Crippen MR) is 73.1 cm³/mol. The van der Waals surface area contributed by atoms with Crippen LogP contribution >= 0.6 is 15.9 Å². The first-order chi connectivity index (χ1) is 9.50. The standard InChI is InChI=1S/C11H12BrF2NO5S/c1-6-8(12)2-7(10(17)18)3-9(6)21(19,20)15-4-11(13,14)5-16/h2-3,15-16H,4-5H2,1H3,(H,17,18). The Morgan fingerprint density at radius 1 is 1.43 bits per heavy atom. The molecule has 1 rings (SSSR count). The van der Waals surface area contributed by atoms with Gasteiger partial charge in [0.15, 0.2) is 0 Å². The summed E-state index contributed by atoms with van der Waals surface area (Å²) in [5.74, 6) is -4.96. The number of hydrogen-bond donors (Lipinski definition) is 3. The van der Waals surface area contributed by atoms with Crippen LogP contribution in [0.25, 0.3) is 0 Å². The number of carboxylic acids is 1. The molecule has 0 saturated carbocycles. The van der Waals surface area contributed by atoms with Gasteiger partial charge < -0.3 is 10.2 Å². The van der Waals surface area contributed by atoms with Gasteiger partial charge in [-0.2, -0.15) is 0 Å². The zero-order valence-corrected chi connectivity index (χ0v) is 13.1. The number of carboxylic acid groups (broad SMARTS) is 1. The van der Waals surface area contributed by atoms with Gasteiger partial charge in [0.25, 0.3) is 5.92 Å². The first kappa shape index (κ1) is 18.0. The average molecular weight is 388 g/mol. The van der Waals surface area contributed by atoms with Crippen molar-refractivity contribution < 1.29 is 32.2 Å². The van der Waals surface area contributed by atoms with Crippen molar-refractivity contribution in [2.75, 3.05) is 13.2 Å². The normalized spacial score (nSPS) is 12.4. The van der Waals surface area contributed by atoms with E-state index >= 15 is 0 Å². The molecule has 10 heteroatoms. The van der Waals surface area contributed by atoms with E-state index in [0.717, 1.165) is 6.07 Å². The van der Waals surface area contributed by atoms with Gasteiger partial charge >= 0.3 is 5.97 Å². The molecule has 0 radical (unpaired) electrons. The minimum Gasteiger partial charge on any atom is -0.478 e. The monoisotopic (exact) mass is 387 g/mol. The Balaban J connectivity index is 3.22. The fourth-order valence-electron chi connectivity index (χ4n) is 1.39. The molecule has 0 saturated heterocycles. The summed E-state index contributed by atoms with van der Waals surface area (Å²) in [4.78, 5) is 10.5. The van der Waals surface area contributed by atoms with E-state index in [2.05, 4.69) is 15.9 Å². The highest BCUT2D eigenvalue weighted by molar-refractivity contribution is 9.10. The van der Waals surface area contributed by atoms with E-state index in [1.807, 2.05) is 0 Å². The van der Waals surface area contributed by atoms with Crippen molar-refractivity contribution >= 4 is 31.9 Å². The van der Waals surface area contributed by atoms with E-state index in [9.17, 15) is 22.0 Å². The number of rotatable bonds is 6. The number of hydrogen-bond acceptors (Lipinski definition) is 4. The molecular weight excluding hydrogens is 376 g/mol. The van der Waals surface area contributed by atoms with Gasteiger partial charge in [-0.1, -0.05) is 15.9 Å². The molecule has 0 heterocycles. The Kier molecular flexibility index (Phi) is 5.42. The van der Waals surface area contributed by atoms with Crippen LogP contribution in [0.15, 0.2) is 21.5 Å². The van der Waals surface area contributed by atoms with Crippen molar-refractivity contribution in [2.45, 2.75) is 17.7 Å². The summed E-state index contributed by atoms with van der Waals surface area (Å²) in [6, 6.07) is 2.08. The third-order valence-electron chi connectivity index (χ3n) is 2.59. The number of aliphatic hydroxyl groups is 1. The molecule has 3 N–H and O–H groups in total. The second-order valence-corrected chi connectivity index (χ2v) is 6.81. The lowest BCUT2D eigenvalue weighted by Crippen LogP contribution is -2.39. The Labute approximate surface area is 128 Å². The third-order valence-corrected chi connectivity index (χ3v) is 4.94. The summed E-state index contributed by atoms with van der Waals surface area (Å²) < 4.78 is 51.7. The van der Waals surface area contributed by atoms with E-state index in [1.54, 1.807) is 4.72 Å². The zero-order chi connectivity index (χ0) is 16.4. The van der Waals surface area contributed by atoms with Gasteiger partial charge in [0.2, 0.25) is 10.0 Å². The van der Waals surface area contributed by atoms with Gasteiger partial charge in [-0.3, -0.25) is 0 Å². The first-order valence-corrected chi connectivity index (χ1v) is 7.79. The predicted octanol–water partition coefficient (Wildman–Crippen LogP) is 1.36. The van der Waals surface area contributed by atoms with E-state index in [1.165, 1.54) is 13.0 Å². The molecule has 0 bridgehead atoms. The number of nitrogens with one attached hydrogen (secondary N) is 1. The first-order valence-electron chi connectivity index (χ1n) is 5.52. The van der Waals surface area contributed by atoms with Crippen LogP contribution < -0.4 is 4.72 Å². The van der Waals surface area contributed by atoms with Crippen molar-refractivity contribution in [3.05, 3.63) is 27.7 Å². The Bertz CT molecular complexity index is 663. The maximum Gasteiger partial charge on any atom is 0.335 e. The quantitative estimate of drug-likeness (QED) is 0.683. The van der Waals surface area contributed by atoms with Crippen LogP contribution in [0.5, 0.6) is 0 Å². The van der Waals surface area contributed by atoms with Gasteiger partial charge in [0.1, 0.15) is 6.61 Å². The molecule has 1 aromatic rings. The van der Waals surface area contributed by atoms with Gasteiger partial charge in [0.05, 0.1) is 17.0 Å². The van der Waals surface area contributed by atoms with Crippen molar-refractivity contribution in [2.24, 2.45) is 0 Å². The number of aromatic carboxylic acids is 1. The molecule has 0 aromatic heterocycles. The van der Waals surface area contributed by atoms with Crippen LogP contribution in [0.1, 0.15) is 15.9 Å². The fourth-order valence-corrected chi connectivity index (χ4v) is 3.33. The molecule has 0 spiro atoms. The van der Waals surface area contributed by atoms with Gasteiger partial charge in [-0.05, 0) is 24.6 Å². The molecular formula is C11H12BrF2NO5S. The fraction of sp³-hybridized carbons (Fsp3) is 0.364. The molecule has 0 unspecified atom stereocenters. The molecule has 6 nitrogen and oxygen atoms in total. The summed E-state index contributed by atoms with van der Waals surface area (Å²) in [7, 11) is -4.35. The van der Waals surface area contributed by atoms with Gasteiger partial charge in [0, 0.05) is 4.47 Å². The second-order valence-electron chi connectivity index (χ2n) is 4.22. The molecule has 1 aromatic carbocycles. The van der Waals surface area contributed by atoms with Crippen molar-refractivity contribution in [3.63, 3.8) is 0 Å². The average Bonchev–Trinajstić information content (AvgIpc) is 2.39. The highest BCUT2D eigenvalue weighted by atomic mass is 79.9. The zero-order valence-electron chi connectivity index (χ0n) is 10.7. The number of alkyl halides is 2. The SMILES string of the molecule is Cc1c(Br)cc(C(=O)O)cc1S(=O)(=O)NCC(F)(F)CO. The smallest absolute Gasteiger partial charge is 0.335 e. The number of benzene rings is 1. The molecule has 21 heavy (non-hydrogen) atoms. The van der Waals surface area contributed by atoms with E-state index in [-0.39, 0.29) is 15.6 Å². The summed E-state index contributed by atoms with van der Waals surface area (Å²) in [6.45, 7) is -1.40. The summed E-state index contributed by atoms with van der Waals surface area (Å²) >= 11 is 3.02. The highest BCUT2D eigenvalue weighted by Crippen LogP contribution is 2.26. The lowest BCUT2D eigenvalue weighted by molar-refractivity contribution is -0.0437. The van der Waals surface area contributed by atoms with E-state index in [4.69, 9.17) is 10.2 Å². The van der Waals surface area contributed by atoms with Gasteiger partial charge in [-0.15, -0.1) is 0 Å². The maximum absolute atomic E-state index is 12.9. The topological polar surface area (TPSA) is 104 Å². The largest absolute Gasteiger partial charge is 0.478 e. The number of halogens is 3. The number of carbonyl (C=O) groups is 1. The van der Waals surface area contributed by atoms with Crippen molar-refractivity contribution in [3.8, 4) is 0 Å². The summed E-state index contributed by atoms with van der Waals surface area (Å²) in [6.07, 6.45) is 0. The lowest BCUT2D eigenvalue weighted by Gasteiger charge is -2.16. The second kappa shape index (κ2) is 6.34. The summed E-state index contributed by atoms with van der Waals surface area (Å²) in [5, 5.41) is 17.3. The van der Waals surface area contributed by atoms with E-state index < -0.39 is 40.0 Å². The third kappa shape index (κ3) is 4.43. The van der Waals surface area contributed by atoms with Crippen molar-refractivity contribution in [1.29, 1.82) is 0 Å². The minimum atomic E-state index is -4.35. The van der Waals surface area contributed by atoms with E-state index in [0.29, 0.717) is 0 Å². The highest BCUT2D eigenvalue weighted by Gasteiger charge is 2.31. The number of sulfonamides is 1. The van der Waals surface area contributed by atoms with Crippen LogP contribution in [0.3, 0.4) is 0 Å². The maximum atomic E-state index is 12.9. The Morgan fingerprint density at radius 3 is 2.48 bits per heavy atom. The molecule has 0 aliphatic rings. The molecule has 0 amide bonds. The Morgan fingerprint density at radius 2 is 2.00 bits per heavy atom. The summed E-state index contributed by atoms with van der Waals surface area (Å²) in [5.41, 5.74) is -0.124. The number of aliphatic hydroxyl groups excluding tert-OH is 1. The van der Waals surface area contributed by atoms with Crippen LogP contribution in [-0.4, -0.2) is 43.7 Å². The van der Waals surface area contributed by atoms with Gasteiger partial charge in [-0.25, -0.2) is 26.7 Å². The molecule has 0 fully saturated rings.